The first-order valence-corrected chi connectivity index (χ1v) is 24.1. The number of guanidine groups is 1. The van der Waals surface area contributed by atoms with Gasteiger partial charge in [-0.2, -0.15) is 0 Å². The van der Waals surface area contributed by atoms with Crippen molar-refractivity contribution in [3.63, 3.8) is 0 Å². The molecule has 0 saturated carbocycles. The topological polar surface area (TPSA) is 358 Å². The van der Waals surface area contributed by atoms with Crippen LogP contribution in [-0.4, -0.2) is 147 Å². The molecule has 2 heterocycles. The van der Waals surface area contributed by atoms with E-state index >= 15 is 0 Å². The number of phenols is 1. The van der Waals surface area contributed by atoms with Gasteiger partial charge in [0.1, 0.15) is 47.5 Å². The van der Waals surface area contributed by atoms with E-state index in [2.05, 4.69) is 52.2 Å². The number of hydrogen-bond acceptors (Lipinski definition) is 12. The molecule has 72 heavy (non-hydrogen) atoms. The normalized spacial score (nSPS) is 16.8. The minimum Gasteiger partial charge on any atom is -0.508 e. The van der Waals surface area contributed by atoms with Crippen molar-refractivity contribution < 1.29 is 48.6 Å². The van der Waals surface area contributed by atoms with Crippen LogP contribution in [-0.2, 0) is 64.0 Å². The zero-order valence-corrected chi connectivity index (χ0v) is 41.3. The fraction of sp³-hybridized carbons (Fsp3) is 0.510. The third-order valence-corrected chi connectivity index (χ3v) is 12.7. The van der Waals surface area contributed by atoms with Crippen LogP contribution in [0.15, 0.2) is 66.0 Å². The van der Waals surface area contributed by atoms with Gasteiger partial charge in [0.2, 0.25) is 41.4 Å². The van der Waals surface area contributed by atoms with Gasteiger partial charge in [0.15, 0.2) is 5.96 Å². The van der Waals surface area contributed by atoms with E-state index in [0.717, 1.165) is 11.1 Å². The summed E-state index contributed by atoms with van der Waals surface area (Å²) >= 11 is 0. The highest BCUT2D eigenvalue weighted by molar-refractivity contribution is 5.98. The molecular formula is C49H69N13O10. The molecule has 1 aliphatic carbocycles. The van der Waals surface area contributed by atoms with Gasteiger partial charge in [-0.3, -0.25) is 38.6 Å². The van der Waals surface area contributed by atoms with Crippen molar-refractivity contribution in [2.75, 3.05) is 26.7 Å². The maximum absolute atomic E-state index is 14.6. The highest BCUT2D eigenvalue weighted by Gasteiger charge is 2.48. The highest BCUT2D eigenvalue weighted by Crippen LogP contribution is 2.31. The van der Waals surface area contributed by atoms with Crippen molar-refractivity contribution in [2.45, 2.75) is 121 Å². The summed E-state index contributed by atoms with van der Waals surface area (Å²) in [6.07, 6.45) is 3.95. The standard InChI is InChI=1S/C49H69N13O10/c1-27(2)39(59-41(65)34(56-38(64)25-52-5)12-8-18-54-48(50)51)44(68)57-35(20-29-14-16-33(63)17-15-29)42(66)60-40(28(3)4)45(69)58-36(21-32-24-53-26-55-32)46(70)62-19-9-13-37(62)43(67)61-49(47(71)72)22-30-10-6-7-11-31(30)23-49/h6-7,10-11,14-17,24,26-28,34-37,39-40,52,63H,8-9,12-13,18-23,25H2,1-5H3,(H,53,55)(H,56,64)(H,57,68)(H,58,69)(H,59,65)(H,60,66)(H,61,67)(H,71,72)(H4,50,51,54)/t34-,35-,36-,37+,39-,40-/m0/s1. The van der Waals surface area contributed by atoms with Gasteiger partial charge in [-0.25, -0.2) is 9.78 Å². The Morgan fingerprint density at radius 3 is 1.94 bits per heavy atom. The first-order valence-electron chi connectivity index (χ1n) is 24.1. The van der Waals surface area contributed by atoms with Crippen LogP contribution in [0, 0.1) is 11.8 Å². The first-order chi connectivity index (χ1) is 34.2. The molecule has 7 amide bonds. The van der Waals surface area contributed by atoms with Crippen LogP contribution in [0.2, 0.25) is 0 Å². The van der Waals surface area contributed by atoms with Crippen LogP contribution < -0.4 is 48.7 Å². The Morgan fingerprint density at radius 1 is 0.806 bits per heavy atom. The van der Waals surface area contributed by atoms with Gasteiger partial charge in [0.25, 0.3) is 0 Å². The molecule has 23 nitrogen and oxygen atoms in total. The quantitative estimate of drug-likeness (QED) is 0.0265. The molecule has 0 spiro atoms. The SMILES string of the molecule is CNCC(=O)N[C@@H](CCCN=C(N)N)C(=O)N[C@H](C(=O)N[C@@H](Cc1ccc(O)cc1)C(=O)N[C@H](C(=O)N[C@@H](Cc1cnc[nH]1)C(=O)N1CCC[C@@H]1C(=O)NC1(C(=O)O)Cc2ccccc2C1)C(C)C)C(C)C. The van der Waals surface area contributed by atoms with Crippen LogP contribution in [0.5, 0.6) is 5.75 Å². The Hall–Kier alpha value is -7.56. The molecule has 0 unspecified atom stereocenters. The molecule has 0 bridgehead atoms. The molecule has 23 heteroatoms. The van der Waals surface area contributed by atoms with Gasteiger partial charge >= 0.3 is 5.97 Å². The summed E-state index contributed by atoms with van der Waals surface area (Å²) in [5.74, 6) is -7.16. The Kier molecular flexibility index (Phi) is 19.6. The van der Waals surface area contributed by atoms with Crippen LogP contribution in [0.4, 0.5) is 0 Å². The molecule has 0 radical (unpaired) electrons. The van der Waals surface area contributed by atoms with Crippen LogP contribution in [0.3, 0.4) is 0 Å². The lowest BCUT2D eigenvalue weighted by Crippen LogP contribution is -2.62. The van der Waals surface area contributed by atoms with E-state index in [1.54, 1.807) is 59.0 Å². The van der Waals surface area contributed by atoms with E-state index in [1.807, 2.05) is 12.1 Å². The number of carboxylic acid groups (broad SMARTS) is 1. The van der Waals surface area contributed by atoms with E-state index in [1.165, 1.54) is 29.6 Å². The number of carboxylic acids is 1. The number of imidazole rings is 1. The van der Waals surface area contributed by atoms with Gasteiger partial charge in [-0.1, -0.05) is 64.1 Å². The number of carbonyl (C=O) groups excluding carboxylic acids is 7. The molecule has 1 fully saturated rings. The molecule has 1 aliphatic heterocycles. The van der Waals surface area contributed by atoms with E-state index in [4.69, 9.17) is 11.5 Å². The summed E-state index contributed by atoms with van der Waals surface area (Å²) in [4.78, 5) is 123. The summed E-state index contributed by atoms with van der Waals surface area (Å²) in [5.41, 5.74) is 11.9. The molecule has 3 aromatic rings. The van der Waals surface area contributed by atoms with E-state index in [9.17, 15) is 48.6 Å². The second-order valence-electron chi connectivity index (χ2n) is 19.0. The van der Waals surface area contributed by atoms with E-state index < -0.39 is 101 Å². The molecular weight excluding hydrogens is 931 g/mol. The van der Waals surface area contributed by atoms with Gasteiger partial charge < -0.3 is 68.8 Å². The predicted molar refractivity (Wildman–Crippen MR) is 264 cm³/mol. The number of carbonyl (C=O) groups is 8. The van der Waals surface area contributed by atoms with Crippen molar-refractivity contribution >= 4 is 53.3 Å². The number of aromatic nitrogens is 2. The van der Waals surface area contributed by atoms with Gasteiger partial charge in [-0.05, 0) is 73.4 Å². The summed E-state index contributed by atoms with van der Waals surface area (Å²) in [6, 6.07) is 5.92. The lowest BCUT2D eigenvalue weighted by molar-refractivity contribution is -0.149. The zero-order chi connectivity index (χ0) is 52.7. The smallest absolute Gasteiger partial charge is 0.330 e. The molecule has 1 aromatic heterocycles. The number of aliphatic carboxylic acids is 1. The third kappa shape index (κ3) is 15.0. The number of nitrogens with zero attached hydrogens (tertiary/aromatic N) is 3. The average molecular weight is 1000 g/mol. The zero-order valence-electron chi connectivity index (χ0n) is 41.3. The number of aliphatic imine (C=N–C) groups is 1. The minimum atomic E-state index is -1.61. The van der Waals surface area contributed by atoms with Crippen molar-refractivity contribution in [1.29, 1.82) is 0 Å². The van der Waals surface area contributed by atoms with E-state index in [0.29, 0.717) is 24.1 Å². The summed E-state index contributed by atoms with van der Waals surface area (Å²) in [5, 5.41) is 39.6. The fourth-order valence-corrected chi connectivity index (χ4v) is 8.90. The molecule has 5 rings (SSSR count). The Labute approximate surface area is 417 Å². The molecule has 6 atom stereocenters. The highest BCUT2D eigenvalue weighted by atomic mass is 16.4. The minimum absolute atomic E-state index is 0.0401. The fourth-order valence-electron chi connectivity index (χ4n) is 8.90. The number of nitrogens with one attached hydrogen (secondary N) is 8. The van der Waals surface area contributed by atoms with Crippen LogP contribution >= 0.6 is 0 Å². The average Bonchev–Trinajstić information content (AvgIpc) is 4.12. The number of hydrogen-bond donors (Lipinski definition) is 12. The van der Waals surface area contributed by atoms with Gasteiger partial charge in [0, 0.05) is 50.7 Å². The largest absolute Gasteiger partial charge is 0.508 e. The van der Waals surface area contributed by atoms with Crippen molar-refractivity contribution in [1.82, 2.24) is 52.1 Å². The number of fused-ring (bicyclic) bond motifs is 1. The van der Waals surface area contributed by atoms with Gasteiger partial charge in [-0.15, -0.1) is 0 Å². The number of likely N-dealkylation sites (tertiary alicyclic amines) is 1. The lowest BCUT2D eigenvalue weighted by Gasteiger charge is -2.33. The number of rotatable bonds is 25. The number of amides is 7. The number of benzene rings is 2. The first kappa shape index (κ1) is 55.4. The van der Waals surface area contributed by atoms with Crippen molar-refractivity contribution in [3.05, 3.63) is 83.4 Å². The maximum Gasteiger partial charge on any atom is 0.330 e. The van der Waals surface area contributed by atoms with Crippen LogP contribution in [0.1, 0.15) is 75.8 Å². The molecule has 390 valence electrons. The molecule has 14 N–H and O–H groups in total. The monoisotopic (exact) mass is 1000 g/mol. The number of nitrogens with two attached hydrogens (primary N) is 2. The number of aromatic hydroxyl groups is 1. The number of likely N-dealkylation sites (N-methyl/N-ethyl adjacent to an activating group) is 1. The molecule has 1 saturated heterocycles. The van der Waals surface area contributed by atoms with Crippen LogP contribution in [0.25, 0.3) is 0 Å². The number of aromatic amines is 1. The second kappa shape index (κ2) is 25.5. The summed E-state index contributed by atoms with van der Waals surface area (Å²) < 4.78 is 0. The second-order valence-corrected chi connectivity index (χ2v) is 19.0. The molecule has 2 aliphatic rings. The summed E-state index contributed by atoms with van der Waals surface area (Å²) in [6.45, 7) is 6.97. The van der Waals surface area contributed by atoms with Crippen molar-refractivity contribution in [2.24, 2.45) is 28.3 Å². The summed E-state index contributed by atoms with van der Waals surface area (Å²) in [7, 11) is 1.57. The lowest BCUT2D eigenvalue weighted by atomic mass is 9.95. The molecule has 2 aromatic carbocycles. The Bertz CT molecular complexity index is 2400. The third-order valence-electron chi connectivity index (χ3n) is 12.7. The van der Waals surface area contributed by atoms with Gasteiger partial charge in [0.05, 0.1) is 12.9 Å². The predicted octanol–water partition coefficient (Wildman–Crippen LogP) is -1.36. The van der Waals surface area contributed by atoms with E-state index in [-0.39, 0.29) is 69.9 Å². The number of H-pyrrole nitrogens is 1. The Balaban J connectivity index is 1.35. The Morgan fingerprint density at radius 2 is 1.40 bits per heavy atom. The maximum atomic E-state index is 14.6. The van der Waals surface area contributed by atoms with Crippen molar-refractivity contribution in [3.8, 4) is 5.75 Å². The number of phenolic OH excluding ortho intramolecular Hbond substituents is 1.